The van der Waals surface area contributed by atoms with E-state index in [1.54, 1.807) is 17.8 Å². The van der Waals surface area contributed by atoms with E-state index < -0.39 is 5.60 Å². The van der Waals surface area contributed by atoms with Crippen LogP contribution in [0.4, 0.5) is 0 Å². The molecule has 0 fully saturated rings. The number of hydrogen-bond acceptors (Lipinski definition) is 5. The van der Waals surface area contributed by atoms with Gasteiger partial charge in [0.25, 0.3) is 0 Å². The van der Waals surface area contributed by atoms with Gasteiger partial charge in [0.15, 0.2) is 0 Å². The zero-order chi connectivity index (χ0) is 15.3. The molecule has 0 radical (unpaired) electrons. The third-order valence-electron chi connectivity index (χ3n) is 3.10. The number of hydrogen-bond donors (Lipinski definition) is 3. The summed E-state index contributed by atoms with van der Waals surface area (Å²) in [6, 6.07) is 9.36. The maximum atomic E-state index is 11.1. The van der Waals surface area contributed by atoms with Gasteiger partial charge in [0, 0.05) is 0 Å². The van der Waals surface area contributed by atoms with Gasteiger partial charge in [-0.25, -0.2) is 4.68 Å². The Bertz CT molecular complexity index is 594. The zero-order valence-corrected chi connectivity index (χ0v) is 11.9. The van der Waals surface area contributed by atoms with E-state index in [-0.39, 0.29) is 25.5 Å². The lowest BCUT2D eigenvalue weighted by Crippen LogP contribution is -2.29. The number of benzene rings is 1. The molecule has 1 atom stereocenters. The average molecular weight is 289 g/mol. The van der Waals surface area contributed by atoms with Crippen LogP contribution >= 0.6 is 0 Å². The van der Waals surface area contributed by atoms with E-state index >= 15 is 0 Å². The van der Waals surface area contributed by atoms with Crippen molar-refractivity contribution in [1.29, 1.82) is 0 Å². The molecule has 0 aliphatic heterocycles. The minimum atomic E-state index is -1.05. The maximum absolute atomic E-state index is 11.1. The molecule has 1 aromatic heterocycles. The molecule has 0 saturated carbocycles. The molecule has 4 N–H and O–H groups in total. The van der Waals surface area contributed by atoms with E-state index in [1.807, 2.05) is 30.3 Å². The van der Waals surface area contributed by atoms with Crippen molar-refractivity contribution in [2.24, 2.45) is 5.73 Å². The summed E-state index contributed by atoms with van der Waals surface area (Å²) < 4.78 is 1.55. The van der Waals surface area contributed by atoms with E-state index in [1.165, 1.54) is 0 Å². The molecule has 2 rings (SSSR count). The lowest BCUT2D eigenvalue weighted by Gasteiger charge is -2.23. The normalized spacial score (nSPS) is 13.7. The summed E-state index contributed by atoms with van der Waals surface area (Å²) in [5.41, 5.74) is 5.57. The Kier molecular flexibility index (Phi) is 4.66. The smallest absolute Gasteiger partial charge is 0.234 e. The minimum absolute atomic E-state index is 0.0587. The molecule has 0 aliphatic carbocycles. The van der Waals surface area contributed by atoms with Crippen LogP contribution in [0.5, 0.6) is 0 Å². The van der Waals surface area contributed by atoms with Gasteiger partial charge in [-0.2, -0.15) is 0 Å². The van der Waals surface area contributed by atoms with Crippen molar-refractivity contribution in [2.45, 2.75) is 25.6 Å². The summed E-state index contributed by atoms with van der Waals surface area (Å²) in [7, 11) is 0. The summed E-state index contributed by atoms with van der Waals surface area (Å²) in [5.74, 6) is -0.249. The second-order valence-corrected chi connectivity index (χ2v) is 5.03. The molecule has 2 aromatic rings. The highest BCUT2D eigenvalue weighted by molar-refractivity contribution is 5.77. The van der Waals surface area contributed by atoms with Crippen LogP contribution < -0.4 is 11.1 Å². The predicted molar refractivity (Wildman–Crippen MR) is 76.9 cm³/mol. The van der Waals surface area contributed by atoms with Gasteiger partial charge >= 0.3 is 0 Å². The quantitative estimate of drug-likeness (QED) is 0.680. The third kappa shape index (κ3) is 4.11. The fourth-order valence-electron chi connectivity index (χ4n) is 1.96. The van der Waals surface area contributed by atoms with Crippen molar-refractivity contribution < 1.29 is 9.90 Å². The first kappa shape index (κ1) is 15.1. The number of carbonyl (C=O) groups is 1. The van der Waals surface area contributed by atoms with E-state index in [4.69, 9.17) is 5.73 Å². The molecule has 1 aromatic carbocycles. The van der Waals surface area contributed by atoms with Crippen LogP contribution in [0.25, 0.3) is 0 Å². The topological polar surface area (TPSA) is 106 Å². The maximum Gasteiger partial charge on any atom is 0.234 e. The minimum Gasteiger partial charge on any atom is -0.384 e. The second kappa shape index (κ2) is 6.47. The third-order valence-corrected chi connectivity index (χ3v) is 3.10. The summed E-state index contributed by atoms with van der Waals surface area (Å²) >= 11 is 0. The van der Waals surface area contributed by atoms with Crippen molar-refractivity contribution in [1.82, 2.24) is 20.3 Å². The van der Waals surface area contributed by atoms with Crippen molar-refractivity contribution in [3.8, 4) is 0 Å². The second-order valence-electron chi connectivity index (χ2n) is 5.03. The summed E-state index contributed by atoms with van der Waals surface area (Å²) in [4.78, 5) is 11.1. The van der Waals surface area contributed by atoms with E-state index in [0.29, 0.717) is 5.69 Å². The number of nitrogens with one attached hydrogen (secondary N) is 1. The molecule has 0 saturated heterocycles. The SMILES string of the molecule is CC(O)(Cn1cc(CNC(=O)CN)nn1)c1ccccc1. The number of rotatable bonds is 6. The average Bonchev–Trinajstić information content (AvgIpc) is 2.92. The van der Waals surface area contributed by atoms with Gasteiger partial charge in [-0.05, 0) is 12.5 Å². The first-order chi connectivity index (χ1) is 10.0. The van der Waals surface area contributed by atoms with Crippen molar-refractivity contribution >= 4 is 5.91 Å². The van der Waals surface area contributed by atoms with Crippen LogP contribution in [0.2, 0.25) is 0 Å². The van der Waals surface area contributed by atoms with Crippen LogP contribution in [0, 0.1) is 0 Å². The Balaban J connectivity index is 2.00. The number of nitrogens with zero attached hydrogens (tertiary/aromatic N) is 3. The fraction of sp³-hybridized carbons (Fsp3) is 0.357. The van der Waals surface area contributed by atoms with Gasteiger partial charge in [0.1, 0.15) is 11.3 Å². The Morgan fingerprint density at radius 3 is 2.81 bits per heavy atom. The fourth-order valence-corrected chi connectivity index (χ4v) is 1.96. The van der Waals surface area contributed by atoms with Crippen LogP contribution in [-0.4, -0.2) is 32.6 Å². The molecule has 21 heavy (non-hydrogen) atoms. The van der Waals surface area contributed by atoms with E-state index in [0.717, 1.165) is 5.56 Å². The molecular formula is C14H19N5O2. The summed E-state index contributed by atoms with van der Waals surface area (Å²) in [6.45, 7) is 2.20. The molecule has 0 bridgehead atoms. The highest BCUT2D eigenvalue weighted by Gasteiger charge is 2.24. The lowest BCUT2D eigenvalue weighted by atomic mass is 9.96. The van der Waals surface area contributed by atoms with Crippen molar-refractivity contribution in [3.05, 3.63) is 47.8 Å². The van der Waals surface area contributed by atoms with Gasteiger partial charge in [-0.15, -0.1) is 5.10 Å². The molecule has 1 unspecified atom stereocenters. The van der Waals surface area contributed by atoms with E-state index in [9.17, 15) is 9.90 Å². The van der Waals surface area contributed by atoms with Crippen LogP contribution in [-0.2, 0) is 23.5 Å². The first-order valence-electron chi connectivity index (χ1n) is 6.65. The highest BCUT2D eigenvalue weighted by Crippen LogP contribution is 2.21. The number of aromatic nitrogens is 3. The van der Waals surface area contributed by atoms with Gasteiger partial charge in [-0.3, -0.25) is 4.79 Å². The van der Waals surface area contributed by atoms with Crippen molar-refractivity contribution in [2.75, 3.05) is 6.54 Å². The van der Waals surface area contributed by atoms with E-state index in [2.05, 4.69) is 15.6 Å². The molecule has 112 valence electrons. The molecular weight excluding hydrogens is 270 g/mol. The number of aliphatic hydroxyl groups is 1. The lowest BCUT2D eigenvalue weighted by molar-refractivity contribution is -0.119. The van der Waals surface area contributed by atoms with Crippen LogP contribution in [0.15, 0.2) is 36.5 Å². The van der Waals surface area contributed by atoms with Gasteiger partial charge in [0.2, 0.25) is 5.91 Å². The number of carbonyl (C=O) groups excluding carboxylic acids is 1. The molecule has 1 heterocycles. The largest absolute Gasteiger partial charge is 0.384 e. The molecule has 0 spiro atoms. The Labute approximate surface area is 122 Å². The Morgan fingerprint density at radius 1 is 1.43 bits per heavy atom. The van der Waals surface area contributed by atoms with Crippen LogP contribution in [0.1, 0.15) is 18.2 Å². The van der Waals surface area contributed by atoms with Gasteiger partial charge < -0.3 is 16.2 Å². The van der Waals surface area contributed by atoms with Crippen molar-refractivity contribution in [3.63, 3.8) is 0 Å². The summed E-state index contributed by atoms with van der Waals surface area (Å²) in [6.07, 6.45) is 1.69. The predicted octanol–water partition coefficient (Wildman–Crippen LogP) is -0.239. The molecule has 7 heteroatoms. The number of nitrogens with two attached hydrogens (primary N) is 1. The Hall–Kier alpha value is -2.25. The van der Waals surface area contributed by atoms with Gasteiger partial charge in [-0.1, -0.05) is 35.5 Å². The molecule has 0 aliphatic rings. The standard InChI is InChI=1S/C14H19N5O2/c1-14(21,11-5-3-2-4-6-11)10-19-9-12(17-18-19)8-16-13(20)7-15/h2-6,9,21H,7-8,10,15H2,1H3,(H,16,20). The van der Waals surface area contributed by atoms with Gasteiger partial charge in [0.05, 0.1) is 25.8 Å². The first-order valence-corrected chi connectivity index (χ1v) is 6.65. The van der Waals surface area contributed by atoms with Crippen LogP contribution in [0.3, 0.4) is 0 Å². The zero-order valence-electron chi connectivity index (χ0n) is 11.9. The Morgan fingerprint density at radius 2 is 2.14 bits per heavy atom. The number of amides is 1. The highest BCUT2D eigenvalue weighted by atomic mass is 16.3. The summed E-state index contributed by atoms with van der Waals surface area (Å²) in [5, 5.41) is 21.0. The molecule has 7 nitrogen and oxygen atoms in total. The monoisotopic (exact) mass is 289 g/mol. The molecule has 1 amide bonds.